The van der Waals surface area contributed by atoms with Crippen LogP contribution in [0, 0.1) is 0 Å². The van der Waals surface area contributed by atoms with Crippen molar-refractivity contribution in [2.75, 3.05) is 50.1 Å². The molecule has 4 N–H and O–H groups in total. The first-order chi connectivity index (χ1) is 25.2. The number of hydrogen-bond acceptors (Lipinski definition) is 8. The SMILES string of the molecule is CN1CC[C@H](NC[C@H]2CCC(=O)N2)c2ccc(-c3cccc(-c4cccc(-c5ccc6c(n5)N(C)CC[C@H]6NC[C@@H]5CCC(=O)N5)c4Cl)c3Cl)nc21. The molecule has 4 aliphatic rings. The van der Waals surface area contributed by atoms with Crippen LogP contribution >= 0.6 is 23.2 Å². The molecule has 12 heteroatoms. The van der Waals surface area contributed by atoms with Crippen LogP contribution in [0.25, 0.3) is 33.6 Å². The minimum Gasteiger partial charge on any atom is -0.359 e. The maximum absolute atomic E-state index is 11.7. The van der Waals surface area contributed by atoms with Gasteiger partial charge in [0.1, 0.15) is 11.6 Å². The molecule has 2 amide bonds. The molecule has 4 atom stereocenters. The van der Waals surface area contributed by atoms with Crippen LogP contribution in [-0.2, 0) is 9.59 Å². The molecule has 0 radical (unpaired) electrons. The Labute approximate surface area is 314 Å². The number of benzene rings is 2. The minimum atomic E-state index is 0.132. The number of anilines is 2. The average Bonchev–Trinajstić information content (AvgIpc) is 3.78. The Morgan fingerprint density at radius 1 is 0.635 bits per heavy atom. The molecule has 4 aromatic rings. The van der Waals surface area contributed by atoms with Crippen molar-refractivity contribution in [3.05, 3.63) is 81.8 Å². The molecular weight excluding hydrogens is 695 g/mol. The molecule has 0 bridgehead atoms. The van der Waals surface area contributed by atoms with Crippen LogP contribution in [0.1, 0.15) is 61.7 Å². The van der Waals surface area contributed by atoms with Gasteiger partial charge in [-0.3, -0.25) is 9.59 Å². The third-order valence-electron chi connectivity index (χ3n) is 11.0. The number of fused-ring (bicyclic) bond motifs is 2. The number of pyridine rings is 2. The van der Waals surface area contributed by atoms with Gasteiger partial charge in [0.25, 0.3) is 0 Å². The number of aromatic nitrogens is 2. The fourth-order valence-electron chi connectivity index (χ4n) is 8.07. The van der Waals surface area contributed by atoms with Gasteiger partial charge in [-0.1, -0.05) is 71.7 Å². The van der Waals surface area contributed by atoms with Gasteiger partial charge in [0.05, 0.1) is 21.4 Å². The number of carbonyl (C=O) groups is 2. The van der Waals surface area contributed by atoms with E-state index < -0.39 is 0 Å². The van der Waals surface area contributed by atoms with Crippen molar-refractivity contribution in [1.82, 2.24) is 31.2 Å². The highest BCUT2D eigenvalue weighted by atomic mass is 35.5. The van der Waals surface area contributed by atoms with E-state index in [1.54, 1.807) is 0 Å². The van der Waals surface area contributed by atoms with E-state index in [0.717, 1.165) is 108 Å². The van der Waals surface area contributed by atoms with E-state index in [1.807, 2.05) is 48.5 Å². The smallest absolute Gasteiger partial charge is 0.220 e. The monoisotopic (exact) mass is 738 g/mol. The lowest BCUT2D eigenvalue weighted by Crippen LogP contribution is -2.40. The summed E-state index contributed by atoms with van der Waals surface area (Å²) in [4.78, 5) is 38.1. The van der Waals surface area contributed by atoms with E-state index >= 15 is 0 Å². The second-order valence-electron chi connectivity index (χ2n) is 14.5. The Hall–Kier alpha value is -4.22. The molecule has 2 saturated heterocycles. The third-order valence-corrected chi connectivity index (χ3v) is 11.8. The third kappa shape index (κ3) is 6.85. The molecule has 4 aliphatic heterocycles. The normalized spacial score (nSPS) is 22.6. The van der Waals surface area contributed by atoms with E-state index in [-0.39, 0.29) is 36.0 Å². The van der Waals surface area contributed by atoms with Crippen molar-refractivity contribution < 1.29 is 9.59 Å². The largest absolute Gasteiger partial charge is 0.359 e. The molecule has 6 heterocycles. The van der Waals surface area contributed by atoms with Gasteiger partial charge in [0.15, 0.2) is 0 Å². The Balaban J connectivity index is 1.05. The van der Waals surface area contributed by atoms with Crippen molar-refractivity contribution in [1.29, 1.82) is 0 Å². The summed E-state index contributed by atoms with van der Waals surface area (Å²) in [7, 11) is 4.15. The van der Waals surface area contributed by atoms with Gasteiger partial charge >= 0.3 is 0 Å². The van der Waals surface area contributed by atoms with E-state index in [4.69, 9.17) is 33.2 Å². The van der Waals surface area contributed by atoms with Gasteiger partial charge in [-0.15, -0.1) is 0 Å². The zero-order valence-corrected chi connectivity index (χ0v) is 31.0. The predicted molar refractivity (Wildman–Crippen MR) is 208 cm³/mol. The molecule has 52 heavy (non-hydrogen) atoms. The molecule has 10 nitrogen and oxygen atoms in total. The zero-order chi connectivity index (χ0) is 35.9. The number of nitrogens with one attached hydrogen (secondary N) is 4. The Morgan fingerprint density at radius 2 is 1.06 bits per heavy atom. The summed E-state index contributed by atoms with van der Waals surface area (Å²) < 4.78 is 0. The summed E-state index contributed by atoms with van der Waals surface area (Å²) in [6.45, 7) is 3.23. The number of hydrogen-bond donors (Lipinski definition) is 4. The van der Waals surface area contributed by atoms with E-state index in [1.165, 1.54) is 0 Å². The van der Waals surface area contributed by atoms with E-state index in [2.05, 4.69) is 57.3 Å². The maximum atomic E-state index is 11.7. The number of amides is 2. The van der Waals surface area contributed by atoms with Crippen LogP contribution in [0.5, 0.6) is 0 Å². The summed E-state index contributed by atoms with van der Waals surface area (Å²) in [6.07, 6.45) is 4.86. The maximum Gasteiger partial charge on any atom is 0.220 e. The van der Waals surface area contributed by atoms with Crippen LogP contribution in [0.4, 0.5) is 11.6 Å². The van der Waals surface area contributed by atoms with Gasteiger partial charge in [0, 0.05) is 111 Å². The van der Waals surface area contributed by atoms with Crippen LogP contribution in [-0.4, -0.2) is 74.1 Å². The van der Waals surface area contributed by atoms with Crippen molar-refractivity contribution in [3.63, 3.8) is 0 Å². The van der Waals surface area contributed by atoms with Gasteiger partial charge in [-0.25, -0.2) is 9.97 Å². The Bertz CT molecular complexity index is 1880. The second-order valence-corrected chi connectivity index (χ2v) is 15.3. The average molecular weight is 740 g/mol. The first-order valence-electron chi connectivity index (χ1n) is 18.3. The summed E-state index contributed by atoms with van der Waals surface area (Å²) >= 11 is 14.5. The van der Waals surface area contributed by atoms with Crippen molar-refractivity contribution in [2.24, 2.45) is 0 Å². The minimum absolute atomic E-state index is 0.132. The molecule has 8 rings (SSSR count). The molecule has 270 valence electrons. The highest BCUT2D eigenvalue weighted by Crippen LogP contribution is 2.44. The highest BCUT2D eigenvalue weighted by molar-refractivity contribution is 6.39. The van der Waals surface area contributed by atoms with Crippen LogP contribution in [0.3, 0.4) is 0 Å². The van der Waals surface area contributed by atoms with Crippen molar-refractivity contribution >= 4 is 46.7 Å². The molecule has 0 saturated carbocycles. The second kappa shape index (κ2) is 14.7. The summed E-state index contributed by atoms with van der Waals surface area (Å²) in [5, 5.41) is 14.7. The lowest BCUT2D eigenvalue weighted by atomic mass is 9.95. The molecule has 2 aromatic heterocycles. The molecule has 2 fully saturated rings. The fraction of sp³-hybridized carbons (Fsp3) is 0.400. The van der Waals surface area contributed by atoms with Crippen LogP contribution in [0.2, 0.25) is 10.0 Å². The lowest BCUT2D eigenvalue weighted by molar-refractivity contribution is -0.120. The molecular formula is C40H44Cl2N8O2. The van der Waals surface area contributed by atoms with Gasteiger partial charge < -0.3 is 31.1 Å². The van der Waals surface area contributed by atoms with Crippen molar-refractivity contribution in [3.8, 4) is 33.6 Å². The van der Waals surface area contributed by atoms with Crippen LogP contribution < -0.4 is 31.1 Å². The Kier molecular flexibility index (Phi) is 9.82. The highest BCUT2D eigenvalue weighted by Gasteiger charge is 2.30. The van der Waals surface area contributed by atoms with Gasteiger partial charge in [0.2, 0.25) is 11.8 Å². The molecule has 0 unspecified atom stereocenters. The molecule has 2 aromatic carbocycles. The van der Waals surface area contributed by atoms with Gasteiger partial charge in [-0.05, 0) is 37.8 Å². The van der Waals surface area contributed by atoms with Gasteiger partial charge in [-0.2, -0.15) is 0 Å². The summed E-state index contributed by atoms with van der Waals surface area (Å²) in [5.41, 5.74) is 7.23. The fourth-order valence-corrected chi connectivity index (χ4v) is 8.72. The molecule has 0 spiro atoms. The summed E-state index contributed by atoms with van der Waals surface area (Å²) in [6, 6.07) is 21.1. The lowest BCUT2D eigenvalue weighted by Gasteiger charge is -2.33. The van der Waals surface area contributed by atoms with Crippen LogP contribution in [0.15, 0.2) is 60.7 Å². The number of halogens is 2. The van der Waals surface area contributed by atoms with E-state index in [9.17, 15) is 9.59 Å². The topological polar surface area (TPSA) is 115 Å². The predicted octanol–water partition coefficient (Wildman–Crippen LogP) is 6.28. The van der Waals surface area contributed by atoms with Crippen molar-refractivity contribution in [2.45, 2.75) is 62.7 Å². The van der Waals surface area contributed by atoms with E-state index in [0.29, 0.717) is 22.9 Å². The first kappa shape index (κ1) is 34.8. The first-order valence-corrected chi connectivity index (χ1v) is 19.1. The number of rotatable bonds is 9. The quantitative estimate of drug-likeness (QED) is 0.159. The molecule has 0 aliphatic carbocycles. The summed E-state index contributed by atoms with van der Waals surface area (Å²) in [5.74, 6) is 2.13. The standard InChI is InChI=1S/C40H44Cl2N8O2/c1-49-19-17-31(43-21-23-9-15-35(51)45-23)29-11-13-33(47-39(29)49)27-7-3-5-25(37(27)41)26-6-4-8-28(38(26)42)34-14-12-30-32(18-20-50(2)40(30)48-34)44-22-24-10-16-36(52)46-24/h3-8,11-14,23-24,31-32,43-44H,9-10,15-22H2,1-2H3,(H,45,51)(H,46,52)/t23-,24+,31+,32-. The Morgan fingerprint density at radius 3 is 1.46 bits per heavy atom. The zero-order valence-electron chi connectivity index (χ0n) is 29.5. The number of carbonyl (C=O) groups excluding carboxylic acids is 2. The number of nitrogens with zero attached hydrogens (tertiary/aromatic N) is 4.